The highest BCUT2D eigenvalue weighted by atomic mass is 32.2. The maximum atomic E-state index is 13.6. The molecule has 2 aromatic rings. The van der Waals surface area contributed by atoms with Crippen LogP contribution in [0, 0.1) is 17.5 Å². The van der Waals surface area contributed by atoms with E-state index in [0.717, 1.165) is 18.2 Å². The molecule has 0 aliphatic carbocycles. The van der Waals surface area contributed by atoms with Crippen molar-refractivity contribution in [2.45, 2.75) is 10.6 Å². The molecule has 20 heavy (non-hydrogen) atoms. The van der Waals surface area contributed by atoms with Gasteiger partial charge in [0.1, 0.15) is 22.3 Å². The standard InChI is InChI=1S/C13H10F3NO2S/c14-9-2-4-13(12(16)5-9)20(18,19)7-8-1-3-10(17)6-11(8)15/h1-6H,7,17H2. The van der Waals surface area contributed by atoms with E-state index in [2.05, 4.69) is 0 Å². The summed E-state index contributed by atoms with van der Waals surface area (Å²) in [6.45, 7) is 0. The minimum atomic E-state index is -4.12. The Hall–Kier alpha value is -2.02. The summed E-state index contributed by atoms with van der Waals surface area (Å²) >= 11 is 0. The summed E-state index contributed by atoms with van der Waals surface area (Å²) in [7, 11) is -4.12. The summed E-state index contributed by atoms with van der Waals surface area (Å²) in [6, 6.07) is 5.64. The summed E-state index contributed by atoms with van der Waals surface area (Å²) in [5.41, 5.74) is 5.37. The van der Waals surface area contributed by atoms with Gasteiger partial charge in [-0.15, -0.1) is 0 Å². The third kappa shape index (κ3) is 2.93. The van der Waals surface area contributed by atoms with Crippen LogP contribution in [0.15, 0.2) is 41.3 Å². The van der Waals surface area contributed by atoms with Crippen LogP contribution in [0.25, 0.3) is 0 Å². The largest absolute Gasteiger partial charge is 0.399 e. The Morgan fingerprint density at radius 1 is 0.950 bits per heavy atom. The first kappa shape index (κ1) is 14.4. The second-order valence-corrected chi connectivity index (χ2v) is 6.14. The number of sulfone groups is 1. The quantitative estimate of drug-likeness (QED) is 0.700. The van der Waals surface area contributed by atoms with Gasteiger partial charge in [-0.2, -0.15) is 0 Å². The molecule has 0 fully saturated rings. The van der Waals surface area contributed by atoms with Gasteiger partial charge in [0.05, 0.1) is 5.75 Å². The number of benzene rings is 2. The number of halogens is 3. The van der Waals surface area contributed by atoms with Crippen LogP contribution in [0.4, 0.5) is 18.9 Å². The number of hydrogen-bond donors (Lipinski definition) is 1. The molecule has 106 valence electrons. The Morgan fingerprint density at radius 2 is 1.65 bits per heavy atom. The molecule has 0 radical (unpaired) electrons. The molecule has 0 atom stereocenters. The molecule has 3 nitrogen and oxygen atoms in total. The van der Waals surface area contributed by atoms with Crippen molar-refractivity contribution in [1.29, 1.82) is 0 Å². The Kier molecular flexibility index (Phi) is 3.71. The molecule has 2 aromatic carbocycles. The summed E-state index contributed by atoms with van der Waals surface area (Å²) in [5, 5.41) is 0. The van der Waals surface area contributed by atoms with Crippen LogP contribution in [-0.4, -0.2) is 8.42 Å². The van der Waals surface area contributed by atoms with E-state index in [9.17, 15) is 21.6 Å². The number of nitrogen functional groups attached to an aromatic ring is 1. The monoisotopic (exact) mass is 301 g/mol. The van der Waals surface area contributed by atoms with Crippen LogP contribution in [0.2, 0.25) is 0 Å². The van der Waals surface area contributed by atoms with Crippen LogP contribution >= 0.6 is 0 Å². The normalized spacial score (nSPS) is 11.6. The van der Waals surface area contributed by atoms with Gasteiger partial charge in [0.2, 0.25) is 0 Å². The molecule has 0 amide bonds. The second kappa shape index (κ2) is 5.16. The molecular weight excluding hydrogens is 291 g/mol. The van der Waals surface area contributed by atoms with Gasteiger partial charge < -0.3 is 5.73 Å². The smallest absolute Gasteiger partial charge is 0.185 e. The van der Waals surface area contributed by atoms with E-state index in [1.165, 1.54) is 12.1 Å². The zero-order valence-electron chi connectivity index (χ0n) is 10.1. The van der Waals surface area contributed by atoms with Gasteiger partial charge in [-0.25, -0.2) is 21.6 Å². The summed E-state index contributed by atoms with van der Waals surface area (Å²) in [4.78, 5) is -0.671. The Morgan fingerprint density at radius 3 is 2.25 bits per heavy atom. The van der Waals surface area contributed by atoms with Crippen molar-refractivity contribution in [3.63, 3.8) is 0 Å². The number of hydrogen-bond acceptors (Lipinski definition) is 3. The van der Waals surface area contributed by atoms with Gasteiger partial charge in [0, 0.05) is 17.3 Å². The van der Waals surface area contributed by atoms with Gasteiger partial charge in [-0.3, -0.25) is 0 Å². The fraction of sp³-hybridized carbons (Fsp3) is 0.0769. The molecule has 0 unspecified atom stereocenters. The summed E-state index contributed by atoms with van der Waals surface area (Å²) in [5.74, 6) is -3.63. The molecule has 2 N–H and O–H groups in total. The van der Waals surface area contributed by atoms with Crippen LogP contribution in [0.1, 0.15) is 5.56 Å². The molecule has 0 aliphatic heterocycles. The third-order valence-corrected chi connectivity index (χ3v) is 4.34. The molecule has 7 heteroatoms. The molecule has 0 heterocycles. The van der Waals surface area contributed by atoms with E-state index in [1.807, 2.05) is 0 Å². The van der Waals surface area contributed by atoms with Crippen LogP contribution in [-0.2, 0) is 15.6 Å². The lowest BCUT2D eigenvalue weighted by atomic mass is 10.2. The van der Waals surface area contributed by atoms with Crippen molar-refractivity contribution >= 4 is 15.5 Å². The molecule has 0 aliphatic rings. The summed E-state index contributed by atoms with van der Waals surface area (Å²) in [6.07, 6.45) is 0. The molecule has 0 aromatic heterocycles. The van der Waals surface area contributed by atoms with E-state index in [-0.39, 0.29) is 11.3 Å². The fourth-order valence-corrected chi connectivity index (χ4v) is 3.12. The predicted octanol–water partition coefficient (Wildman–Crippen LogP) is 2.66. The molecule has 0 saturated carbocycles. The van der Waals surface area contributed by atoms with E-state index in [4.69, 9.17) is 5.73 Å². The molecule has 0 saturated heterocycles. The highest BCUT2D eigenvalue weighted by molar-refractivity contribution is 7.90. The first-order valence-corrected chi connectivity index (χ1v) is 7.16. The lowest BCUT2D eigenvalue weighted by molar-refractivity contribution is 0.547. The second-order valence-electron chi connectivity index (χ2n) is 4.18. The molecular formula is C13H10F3NO2S. The van der Waals surface area contributed by atoms with E-state index >= 15 is 0 Å². The predicted molar refractivity (Wildman–Crippen MR) is 68.1 cm³/mol. The van der Waals surface area contributed by atoms with Crippen LogP contribution in [0.3, 0.4) is 0 Å². The maximum Gasteiger partial charge on any atom is 0.185 e. The first-order chi connectivity index (χ1) is 9.29. The van der Waals surface area contributed by atoms with E-state index in [0.29, 0.717) is 6.07 Å². The first-order valence-electron chi connectivity index (χ1n) is 5.51. The van der Waals surface area contributed by atoms with Gasteiger partial charge in [-0.05, 0) is 24.3 Å². The topological polar surface area (TPSA) is 60.2 Å². The lowest BCUT2D eigenvalue weighted by Crippen LogP contribution is -2.09. The zero-order chi connectivity index (χ0) is 14.9. The average Bonchev–Trinajstić information content (AvgIpc) is 2.32. The van der Waals surface area contributed by atoms with Crippen molar-refractivity contribution in [1.82, 2.24) is 0 Å². The van der Waals surface area contributed by atoms with Crippen molar-refractivity contribution in [3.05, 3.63) is 59.4 Å². The maximum absolute atomic E-state index is 13.6. The average molecular weight is 301 g/mol. The Bertz CT molecular complexity index is 760. The van der Waals surface area contributed by atoms with Gasteiger partial charge >= 0.3 is 0 Å². The number of rotatable bonds is 3. The van der Waals surface area contributed by atoms with Gasteiger partial charge in [-0.1, -0.05) is 6.07 Å². The lowest BCUT2D eigenvalue weighted by Gasteiger charge is -2.07. The van der Waals surface area contributed by atoms with Crippen LogP contribution < -0.4 is 5.73 Å². The number of nitrogens with two attached hydrogens (primary N) is 1. The van der Waals surface area contributed by atoms with E-state index in [1.54, 1.807) is 0 Å². The highest BCUT2D eigenvalue weighted by Crippen LogP contribution is 2.22. The Labute approximate surface area is 113 Å². The zero-order valence-corrected chi connectivity index (χ0v) is 10.9. The summed E-state index contributed by atoms with van der Waals surface area (Å²) < 4.78 is 63.8. The molecule has 0 bridgehead atoms. The third-order valence-electron chi connectivity index (χ3n) is 2.65. The highest BCUT2D eigenvalue weighted by Gasteiger charge is 2.21. The minimum absolute atomic E-state index is 0.136. The van der Waals surface area contributed by atoms with Crippen molar-refractivity contribution in [2.75, 3.05) is 5.73 Å². The minimum Gasteiger partial charge on any atom is -0.399 e. The van der Waals surface area contributed by atoms with E-state index < -0.39 is 37.9 Å². The SMILES string of the molecule is Nc1ccc(CS(=O)(=O)c2ccc(F)cc2F)c(F)c1. The van der Waals surface area contributed by atoms with Gasteiger partial charge in [0.15, 0.2) is 9.84 Å². The van der Waals surface area contributed by atoms with Crippen molar-refractivity contribution < 1.29 is 21.6 Å². The molecule has 2 rings (SSSR count). The van der Waals surface area contributed by atoms with Crippen molar-refractivity contribution in [2.24, 2.45) is 0 Å². The molecule has 0 spiro atoms. The fourth-order valence-electron chi connectivity index (χ4n) is 1.69. The Balaban J connectivity index is 2.41. The van der Waals surface area contributed by atoms with Gasteiger partial charge in [0.25, 0.3) is 0 Å². The number of anilines is 1. The van der Waals surface area contributed by atoms with Crippen LogP contribution in [0.5, 0.6) is 0 Å². The van der Waals surface area contributed by atoms with Crippen molar-refractivity contribution in [3.8, 4) is 0 Å².